The van der Waals surface area contributed by atoms with Crippen molar-refractivity contribution in [3.8, 4) is 0 Å². The molecule has 0 radical (unpaired) electrons. The molecule has 8 nitrogen and oxygen atoms in total. The number of aliphatic carboxylic acids is 1. The zero-order chi connectivity index (χ0) is 15.5. The highest BCUT2D eigenvalue weighted by molar-refractivity contribution is 7.89. The van der Waals surface area contributed by atoms with Crippen molar-refractivity contribution < 1.29 is 27.6 Å². The predicted octanol–water partition coefficient (Wildman–Crippen LogP) is 0.875. The number of carbonyl (C=O) groups is 1. The number of nitrogens with one attached hydrogen (secondary N) is 1. The molecule has 0 aliphatic heterocycles. The molecule has 0 fully saturated rings. The largest absolute Gasteiger partial charge is 0.481 e. The predicted molar refractivity (Wildman–Crippen MR) is 65.1 cm³/mol. The first-order chi connectivity index (χ1) is 9.15. The maximum absolute atomic E-state index is 13.4. The molecular weight excluding hydrogens is 295 g/mol. The van der Waals surface area contributed by atoms with Gasteiger partial charge in [-0.25, -0.2) is 13.1 Å². The number of carboxylic acid groups (broad SMARTS) is 1. The van der Waals surface area contributed by atoms with Crippen LogP contribution in [0.2, 0.25) is 0 Å². The summed E-state index contributed by atoms with van der Waals surface area (Å²) in [4.78, 5) is 19.2. The van der Waals surface area contributed by atoms with E-state index in [2.05, 4.69) is 0 Å². The Balaban J connectivity index is 3.20. The molecule has 0 saturated heterocycles. The Kier molecular flexibility index (Phi) is 4.73. The van der Waals surface area contributed by atoms with Gasteiger partial charge in [0.15, 0.2) is 4.90 Å². The molecule has 0 saturated carbocycles. The molecule has 1 unspecified atom stereocenters. The zero-order valence-electron chi connectivity index (χ0n) is 10.2. The topological polar surface area (TPSA) is 127 Å². The number of halogens is 1. The van der Waals surface area contributed by atoms with Gasteiger partial charge in [0.25, 0.3) is 0 Å². The Bertz CT molecular complexity index is 645. The summed E-state index contributed by atoms with van der Waals surface area (Å²) in [7, 11) is -4.40. The summed E-state index contributed by atoms with van der Waals surface area (Å²) in [6.07, 6.45) is -0.512. The molecule has 1 atom stereocenters. The van der Waals surface area contributed by atoms with Gasteiger partial charge in [0, 0.05) is 6.04 Å². The molecule has 10 heteroatoms. The van der Waals surface area contributed by atoms with E-state index in [1.165, 1.54) is 6.92 Å². The first-order valence-corrected chi connectivity index (χ1v) is 6.80. The Labute approximate surface area is 113 Å². The van der Waals surface area contributed by atoms with E-state index in [1.54, 1.807) is 0 Å². The molecule has 2 N–H and O–H groups in total. The summed E-state index contributed by atoms with van der Waals surface area (Å²) in [6.45, 7) is 1.27. The van der Waals surface area contributed by atoms with Crippen LogP contribution in [0.3, 0.4) is 0 Å². The third-order valence-electron chi connectivity index (χ3n) is 2.26. The molecule has 0 aromatic heterocycles. The summed E-state index contributed by atoms with van der Waals surface area (Å²) < 4.78 is 39.2. The number of hydrogen-bond acceptors (Lipinski definition) is 5. The van der Waals surface area contributed by atoms with Crippen molar-refractivity contribution in [2.45, 2.75) is 24.3 Å². The van der Waals surface area contributed by atoms with E-state index < -0.39 is 49.8 Å². The minimum atomic E-state index is -4.40. The van der Waals surface area contributed by atoms with Crippen molar-refractivity contribution in [3.05, 3.63) is 34.1 Å². The Hall–Kier alpha value is -2.07. The number of carboxylic acids is 1. The highest BCUT2D eigenvalue weighted by atomic mass is 32.2. The van der Waals surface area contributed by atoms with Crippen LogP contribution in [0.15, 0.2) is 23.1 Å². The van der Waals surface area contributed by atoms with Crippen LogP contribution in [-0.4, -0.2) is 30.5 Å². The number of nitrogens with zero attached hydrogens (tertiary/aromatic N) is 1. The number of rotatable bonds is 6. The fraction of sp³-hybridized carbons (Fsp3) is 0.300. The number of benzene rings is 1. The van der Waals surface area contributed by atoms with Crippen LogP contribution in [0.25, 0.3) is 0 Å². The van der Waals surface area contributed by atoms with E-state index in [-0.39, 0.29) is 0 Å². The van der Waals surface area contributed by atoms with Gasteiger partial charge in [-0.3, -0.25) is 14.9 Å². The van der Waals surface area contributed by atoms with Gasteiger partial charge in [-0.1, -0.05) is 6.07 Å². The molecule has 1 rings (SSSR count). The van der Waals surface area contributed by atoms with E-state index in [1.807, 2.05) is 4.72 Å². The lowest BCUT2D eigenvalue weighted by Crippen LogP contribution is -2.34. The van der Waals surface area contributed by atoms with Crippen LogP contribution in [-0.2, 0) is 14.8 Å². The summed E-state index contributed by atoms with van der Waals surface area (Å²) >= 11 is 0. The summed E-state index contributed by atoms with van der Waals surface area (Å²) in [5.41, 5.74) is -1.18. The van der Waals surface area contributed by atoms with E-state index >= 15 is 0 Å². The van der Waals surface area contributed by atoms with Gasteiger partial charge in [0.05, 0.1) is 11.3 Å². The van der Waals surface area contributed by atoms with Gasteiger partial charge in [-0.05, 0) is 19.1 Å². The second kappa shape index (κ2) is 5.92. The van der Waals surface area contributed by atoms with Gasteiger partial charge >= 0.3 is 11.7 Å². The monoisotopic (exact) mass is 306 g/mol. The first-order valence-electron chi connectivity index (χ1n) is 5.32. The number of hydrogen-bond donors (Lipinski definition) is 2. The van der Waals surface area contributed by atoms with E-state index in [0.29, 0.717) is 0 Å². The van der Waals surface area contributed by atoms with E-state index in [0.717, 1.165) is 18.2 Å². The molecule has 1 aromatic rings. The summed E-state index contributed by atoms with van der Waals surface area (Å²) in [5.74, 6) is -2.53. The van der Waals surface area contributed by atoms with Crippen molar-refractivity contribution in [2.75, 3.05) is 0 Å². The molecule has 110 valence electrons. The van der Waals surface area contributed by atoms with Crippen LogP contribution < -0.4 is 4.72 Å². The standard InChI is InChI=1S/C10H11FN2O6S/c1-6(5-9(14)15)12-20(18,19)8-4-2-3-7(11)10(8)13(16)17/h2-4,6,12H,5H2,1H3,(H,14,15). The van der Waals surface area contributed by atoms with Crippen molar-refractivity contribution in [1.29, 1.82) is 0 Å². The van der Waals surface area contributed by atoms with E-state index in [9.17, 15) is 27.7 Å². The lowest BCUT2D eigenvalue weighted by atomic mass is 10.3. The first kappa shape index (κ1) is 16.0. The van der Waals surface area contributed by atoms with Crippen LogP contribution in [0.1, 0.15) is 13.3 Å². The smallest absolute Gasteiger partial charge is 0.324 e. The van der Waals surface area contributed by atoms with Crippen molar-refractivity contribution in [1.82, 2.24) is 4.72 Å². The Morgan fingerprint density at radius 3 is 2.65 bits per heavy atom. The molecule has 0 aliphatic carbocycles. The van der Waals surface area contributed by atoms with Crippen LogP contribution in [0.5, 0.6) is 0 Å². The molecule has 0 spiro atoms. The number of para-hydroxylation sites is 1. The fourth-order valence-electron chi connectivity index (χ4n) is 1.52. The Morgan fingerprint density at radius 1 is 1.55 bits per heavy atom. The zero-order valence-corrected chi connectivity index (χ0v) is 11.1. The second-order valence-corrected chi connectivity index (χ2v) is 5.65. The lowest BCUT2D eigenvalue weighted by Gasteiger charge is -2.12. The summed E-state index contributed by atoms with van der Waals surface area (Å²) in [5, 5.41) is 19.3. The van der Waals surface area contributed by atoms with Gasteiger partial charge in [-0.2, -0.15) is 4.39 Å². The number of nitro groups is 1. The molecule has 1 aromatic carbocycles. The SMILES string of the molecule is CC(CC(=O)O)NS(=O)(=O)c1cccc(F)c1[N+](=O)[O-]. The fourth-order valence-corrected chi connectivity index (χ4v) is 2.95. The lowest BCUT2D eigenvalue weighted by molar-refractivity contribution is -0.390. The maximum atomic E-state index is 13.4. The van der Waals surface area contributed by atoms with Crippen molar-refractivity contribution in [2.24, 2.45) is 0 Å². The molecule has 20 heavy (non-hydrogen) atoms. The second-order valence-electron chi connectivity index (χ2n) is 3.96. The Morgan fingerprint density at radius 2 is 2.15 bits per heavy atom. The highest BCUT2D eigenvalue weighted by Crippen LogP contribution is 2.26. The molecule has 0 aliphatic rings. The minimum Gasteiger partial charge on any atom is -0.481 e. The van der Waals surface area contributed by atoms with Crippen LogP contribution in [0, 0.1) is 15.9 Å². The normalized spacial score (nSPS) is 12.9. The van der Waals surface area contributed by atoms with Gasteiger partial charge in [0.2, 0.25) is 15.8 Å². The van der Waals surface area contributed by atoms with Crippen molar-refractivity contribution in [3.63, 3.8) is 0 Å². The number of sulfonamides is 1. The summed E-state index contributed by atoms with van der Waals surface area (Å²) in [6, 6.07) is 1.65. The van der Waals surface area contributed by atoms with Crippen LogP contribution in [0.4, 0.5) is 10.1 Å². The third kappa shape index (κ3) is 3.71. The molecular formula is C10H11FN2O6S. The minimum absolute atomic E-state index is 0.512. The van der Waals surface area contributed by atoms with Crippen LogP contribution >= 0.6 is 0 Å². The average molecular weight is 306 g/mol. The van der Waals surface area contributed by atoms with Gasteiger partial charge in [0.1, 0.15) is 0 Å². The van der Waals surface area contributed by atoms with Gasteiger partial charge < -0.3 is 5.11 Å². The van der Waals surface area contributed by atoms with Gasteiger partial charge in [-0.15, -0.1) is 0 Å². The third-order valence-corrected chi connectivity index (χ3v) is 3.88. The maximum Gasteiger partial charge on any atom is 0.324 e. The molecule has 0 bridgehead atoms. The molecule has 0 amide bonds. The quantitative estimate of drug-likeness (QED) is 0.593. The highest BCUT2D eigenvalue weighted by Gasteiger charge is 2.30. The average Bonchev–Trinajstić information content (AvgIpc) is 2.25. The number of nitro benzene ring substituents is 1. The molecule has 0 heterocycles. The van der Waals surface area contributed by atoms with E-state index in [4.69, 9.17) is 5.11 Å². The van der Waals surface area contributed by atoms with Crippen molar-refractivity contribution >= 4 is 21.7 Å².